The second kappa shape index (κ2) is 5.03. The summed E-state index contributed by atoms with van der Waals surface area (Å²) in [5.74, 6) is -0.0476. The number of esters is 1. The van der Waals surface area contributed by atoms with Crippen molar-refractivity contribution in [1.82, 2.24) is 5.32 Å². The summed E-state index contributed by atoms with van der Waals surface area (Å²) in [4.78, 5) is 23.3. The van der Waals surface area contributed by atoms with Crippen molar-refractivity contribution in [3.05, 3.63) is 29.3 Å². The molecule has 1 aromatic rings. The highest BCUT2D eigenvalue weighted by Gasteiger charge is 2.27. The van der Waals surface area contributed by atoms with Crippen LogP contribution in [0.25, 0.3) is 0 Å². The van der Waals surface area contributed by atoms with E-state index in [-0.39, 0.29) is 24.2 Å². The highest BCUT2D eigenvalue weighted by molar-refractivity contribution is 5.85. The quantitative estimate of drug-likeness (QED) is 0.648. The molecule has 1 saturated heterocycles. The zero-order valence-electron chi connectivity index (χ0n) is 10.8. The van der Waals surface area contributed by atoms with Gasteiger partial charge in [0, 0.05) is 13.0 Å². The highest BCUT2D eigenvalue weighted by Crippen LogP contribution is 2.27. The van der Waals surface area contributed by atoms with E-state index in [1.165, 1.54) is 17.5 Å². The number of amides is 1. The Labute approximate surface area is 112 Å². The van der Waals surface area contributed by atoms with Gasteiger partial charge in [-0.15, -0.1) is 0 Å². The van der Waals surface area contributed by atoms with Crippen molar-refractivity contribution in [2.24, 2.45) is 5.92 Å². The first kappa shape index (κ1) is 12.2. The molecule has 0 bridgehead atoms. The molecule has 1 aliphatic carbocycles. The van der Waals surface area contributed by atoms with Crippen LogP contribution in [0, 0.1) is 5.92 Å². The van der Waals surface area contributed by atoms with E-state index in [9.17, 15) is 9.59 Å². The number of carbonyl (C=O) groups excluding carboxylic acids is 2. The van der Waals surface area contributed by atoms with Gasteiger partial charge in [-0.05, 0) is 48.9 Å². The van der Waals surface area contributed by atoms with Crippen LogP contribution in [0.1, 0.15) is 30.4 Å². The van der Waals surface area contributed by atoms with E-state index in [2.05, 4.69) is 5.32 Å². The third-order valence-corrected chi connectivity index (χ3v) is 3.87. The van der Waals surface area contributed by atoms with Gasteiger partial charge in [0.1, 0.15) is 5.75 Å². The molecule has 0 aromatic heterocycles. The Bertz CT molecular complexity index is 524. The number of ether oxygens (including phenoxy) is 1. The first-order valence-electron chi connectivity index (χ1n) is 6.82. The first-order valence-corrected chi connectivity index (χ1v) is 6.82. The predicted molar refractivity (Wildman–Crippen MR) is 69.8 cm³/mol. The molecule has 0 radical (unpaired) electrons. The van der Waals surface area contributed by atoms with Crippen molar-refractivity contribution >= 4 is 11.9 Å². The monoisotopic (exact) mass is 259 g/mol. The van der Waals surface area contributed by atoms with Crippen molar-refractivity contribution in [2.45, 2.75) is 32.1 Å². The molecule has 1 aromatic carbocycles. The molecular weight excluding hydrogens is 242 g/mol. The molecule has 1 N–H and O–H groups in total. The molecule has 1 atom stereocenters. The van der Waals surface area contributed by atoms with Gasteiger partial charge in [0.05, 0.1) is 5.92 Å². The topological polar surface area (TPSA) is 55.4 Å². The minimum Gasteiger partial charge on any atom is -0.426 e. The molecule has 0 spiro atoms. The second-order valence-corrected chi connectivity index (χ2v) is 5.24. The molecule has 1 heterocycles. The smallest absolute Gasteiger partial charge is 0.314 e. The van der Waals surface area contributed by atoms with Crippen molar-refractivity contribution in [3.8, 4) is 5.75 Å². The lowest BCUT2D eigenvalue weighted by atomic mass is 9.98. The maximum atomic E-state index is 12.0. The number of hydrogen-bond donors (Lipinski definition) is 1. The Morgan fingerprint density at radius 2 is 2.11 bits per heavy atom. The van der Waals surface area contributed by atoms with E-state index < -0.39 is 0 Å². The first-order chi connectivity index (χ1) is 9.22. The van der Waals surface area contributed by atoms with E-state index in [0.29, 0.717) is 18.7 Å². The number of fused-ring (bicyclic) bond motifs is 1. The lowest BCUT2D eigenvalue weighted by molar-refractivity contribution is -0.143. The Balaban J connectivity index is 1.67. The molecular formula is C15H17NO3. The Kier molecular flexibility index (Phi) is 3.23. The maximum absolute atomic E-state index is 12.0. The van der Waals surface area contributed by atoms with Gasteiger partial charge in [0.2, 0.25) is 5.91 Å². The van der Waals surface area contributed by atoms with Crippen molar-refractivity contribution in [3.63, 3.8) is 0 Å². The van der Waals surface area contributed by atoms with E-state index in [0.717, 1.165) is 12.8 Å². The summed E-state index contributed by atoms with van der Waals surface area (Å²) in [5, 5.41) is 2.72. The van der Waals surface area contributed by atoms with Gasteiger partial charge in [0.15, 0.2) is 0 Å². The fourth-order valence-corrected chi connectivity index (χ4v) is 2.80. The van der Waals surface area contributed by atoms with Crippen molar-refractivity contribution in [1.29, 1.82) is 0 Å². The number of benzene rings is 1. The standard InChI is InChI=1S/C15H17NO3/c17-14-9-12(6-7-16-14)15(18)19-13-5-4-10-2-1-3-11(10)8-13/h4-5,8,12H,1-3,6-7,9H2,(H,16,17). The zero-order chi connectivity index (χ0) is 13.2. The Morgan fingerprint density at radius 3 is 2.95 bits per heavy atom. The lowest BCUT2D eigenvalue weighted by Crippen LogP contribution is -2.38. The van der Waals surface area contributed by atoms with Gasteiger partial charge in [0.25, 0.3) is 0 Å². The van der Waals surface area contributed by atoms with Crippen LogP contribution < -0.4 is 10.1 Å². The minimum atomic E-state index is -0.304. The number of hydrogen-bond acceptors (Lipinski definition) is 3. The number of aryl methyl sites for hydroxylation is 2. The van der Waals surface area contributed by atoms with Gasteiger partial charge >= 0.3 is 5.97 Å². The number of piperidine rings is 1. The molecule has 1 aliphatic heterocycles. The zero-order valence-corrected chi connectivity index (χ0v) is 10.8. The summed E-state index contributed by atoms with van der Waals surface area (Å²) in [6.45, 7) is 0.558. The normalized spacial score (nSPS) is 21.7. The van der Waals surface area contributed by atoms with Crippen molar-refractivity contribution in [2.75, 3.05) is 6.54 Å². The molecule has 1 fully saturated rings. The van der Waals surface area contributed by atoms with E-state index in [4.69, 9.17) is 4.74 Å². The molecule has 3 rings (SSSR count). The van der Waals surface area contributed by atoms with Gasteiger partial charge in [-0.2, -0.15) is 0 Å². The van der Waals surface area contributed by atoms with Gasteiger partial charge in [-0.1, -0.05) is 6.07 Å². The number of carbonyl (C=O) groups is 2. The third-order valence-electron chi connectivity index (χ3n) is 3.87. The summed E-state index contributed by atoms with van der Waals surface area (Å²) >= 11 is 0. The lowest BCUT2D eigenvalue weighted by Gasteiger charge is -2.20. The largest absolute Gasteiger partial charge is 0.426 e. The molecule has 100 valence electrons. The van der Waals surface area contributed by atoms with Crippen molar-refractivity contribution < 1.29 is 14.3 Å². The van der Waals surface area contributed by atoms with Crippen LogP contribution in [0.5, 0.6) is 5.75 Å². The van der Waals surface area contributed by atoms with Crippen LogP contribution in [-0.4, -0.2) is 18.4 Å². The van der Waals surface area contributed by atoms with Gasteiger partial charge in [-0.25, -0.2) is 0 Å². The summed E-state index contributed by atoms with van der Waals surface area (Å²) < 4.78 is 5.41. The summed E-state index contributed by atoms with van der Waals surface area (Å²) in [7, 11) is 0. The molecule has 0 saturated carbocycles. The third kappa shape index (κ3) is 2.62. The summed E-state index contributed by atoms with van der Waals surface area (Å²) in [5.41, 5.74) is 2.64. The van der Waals surface area contributed by atoms with Crippen LogP contribution in [0.15, 0.2) is 18.2 Å². The minimum absolute atomic E-state index is 0.0675. The van der Waals surface area contributed by atoms with Crippen LogP contribution in [-0.2, 0) is 22.4 Å². The van der Waals surface area contributed by atoms with Crippen LogP contribution in [0.3, 0.4) is 0 Å². The summed E-state index contributed by atoms with van der Waals surface area (Å²) in [6, 6.07) is 5.85. The second-order valence-electron chi connectivity index (χ2n) is 5.24. The van der Waals surface area contributed by atoms with Gasteiger partial charge in [-0.3, -0.25) is 9.59 Å². The molecule has 4 heteroatoms. The molecule has 1 amide bonds. The van der Waals surface area contributed by atoms with Crippen LogP contribution in [0.2, 0.25) is 0 Å². The van der Waals surface area contributed by atoms with E-state index >= 15 is 0 Å². The number of rotatable bonds is 2. The average Bonchev–Trinajstić information content (AvgIpc) is 2.86. The van der Waals surface area contributed by atoms with Crippen LogP contribution in [0.4, 0.5) is 0 Å². The molecule has 19 heavy (non-hydrogen) atoms. The van der Waals surface area contributed by atoms with E-state index in [1.54, 1.807) is 0 Å². The highest BCUT2D eigenvalue weighted by atomic mass is 16.5. The van der Waals surface area contributed by atoms with Crippen LogP contribution >= 0.6 is 0 Å². The maximum Gasteiger partial charge on any atom is 0.314 e. The molecule has 1 unspecified atom stereocenters. The summed E-state index contributed by atoms with van der Waals surface area (Å²) in [6.07, 6.45) is 4.26. The Hall–Kier alpha value is -1.84. The fourth-order valence-electron chi connectivity index (χ4n) is 2.80. The SMILES string of the molecule is O=C1CC(C(=O)Oc2ccc3c(c2)CCC3)CCN1. The van der Waals surface area contributed by atoms with E-state index in [1.807, 2.05) is 18.2 Å². The predicted octanol–water partition coefficient (Wildman–Crippen LogP) is 1.61. The Morgan fingerprint density at radius 1 is 1.26 bits per heavy atom. The number of nitrogens with one attached hydrogen (secondary N) is 1. The average molecular weight is 259 g/mol. The van der Waals surface area contributed by atoms with Gasteiger partial charge < -0.3 is 10.1 Å². The molecule has 4 nitrogen and oxygen atoms in total. The fraction of sp³-hybridized carbons (Fsp3) is 0.467. The molecule has 2 aliphatic rings.